The van der Waals surface area contributed by atoms with E-state index in [0.29, 0.717) is 17.4 Å². The average Bonchev–Trinajstić information content (AvgIpc) is 2.64. The standard InChI is InChI=1S/C19H21ClN4O2/c1-14(25)15-2-5-17(6-3-15)24-10-8-23(9-11-24)13-19(26)22-18-7-4-16(20)12-21-18/h2-7,12H,8-11,13H2,1H3,(H,21,22,26). The Balaban J connectivity index is 1.48. The number of nitrogens with one attached hydrogen (secondary N) is 1. The molecule has 1 aliphatic heterocycles. The number of carbonyl (C=O) groups excluding carboxylic acids is 2. The van der Waals surface area contributed by atoms with Crippen LogP contribution in [0.2, 0.25) is 5.02 Å². The minimum atomic E-state index is -0.0842. The summed E-state index contributed by atoms with van der Waals surface area (Å²) < 4.78 is 0. The van der Waals surface area contributed by atoms with Gasteiger partial charge in [-0.2, -0.15) is 0 Å². The topological polar surface area (TPSA) is 65.5 Å². The van der Waals surface area contributed by atoms with Crippen molar-refractivity contribution < 1.29 is 9.59 Å². The Kier molecular flexibility index (Phi) is 5.85. The molecule has 1 saturated heterocycles. The molecule has 2 heterocycles. The molecule has 0 spiro atoms. The molecule has 1 N–H and O–H groups in total. The van der Waals surface area contributed by atoms with Gasteiger partial charge in [-0.1, -0.05) is 11.6 Å². The molecular weight excluding hydrogens is 352 g/mol. The average molecular weight is 373 g/mol. The zero-order valence-electron chi connectivity index (χ0n) is 14.6. The van der Waals surface area contributed by atoms with E-state index in [0.717, 1.165) is 37.4 Å². The molecule has 1 aliphatic rings. The van der Waals surface area contributed by atoms with Gasteiger partial charge in [0.05, 0.1) is 11.6 Å². The number of carbonyl (C=O) groups is 2. The van der Waals surface area contributed by atoms with Gasteiger partial charge in [-0.05, 0) is 43.3 Å². The Morgan fingerprint density at radius 1 is 1.08 bits per heavy atom. The fourth-order valence-electron chi connectivity index (χ4n) is 2.91. The van der Waals surface area contributed by atoms with Crippen molar-refractivity contribution in [2.75, 3.05) is 42.9 Å². The van der Waals surface area contributed by atoms with Crippen molar-refractivity contribution in [1.82, 2.24) is 9.88 Å². The molecule has 3 rings (SSSR count). The molecule has 0 saturated carbocycles. The number of pyridine rings is 1. The number of hydrogen-bond donors (Lipinski definition) is 1. The van der Waals surface area contributed by atoms with Crippen LogP contribution in [0, 0.1) is 0 Å². The van der Waals surface area contributed by atoms with Crippen LogP contribution in [-0.2, 0) is 4.79 Å². The van der Waals surface area contributed by atoms with Gasteiger partial charge in [0.25, 0.3) is 0 Å². The number of rotatable bonds is 5. The Morgan fingerprint density at radius 3 is 2.35 bits per heavy atom. The SMILES string of the molecule is CC(=O)c1ccc(N2CCN(CC(=O)Nc3ccc(Cl)cn3)CC2)cc1. The highest BCUT2D eigenvalue weighted by atomic mass is 35.5. The van der Waals surface area contributed by atoms with Gasteiger partial charge in [0.15, 0.2) is 5.78 Å². The van der Waals surface area contributed by atoms with Gasteiger partial charge in [-0.25, -0.2) is 4.98 Å². The molecule has 136 valence electrons. The van der Waals surface area contributed by atoms with Crippen molar-refractivity contribution in [3.05, 3.63) is 53.2 Å². The first-order valence-corrected chi connectivity index (χ1v) is 8.89. The highest BCUT2D eigenvalue weighted by Gasteiger charge is 2.19. The molecule has 1 aromatic carbocycles. The summed E-state index contributed by atoms with van der Waals surface area (Å²) in [5, 5.41) is 3.32. The first kappa shape index (κ1) is 18.4. The van der Waals surface area contributed by atoms with Crippen molar-refractivity contribution in [3.8, 4) is 0 Å². The first-order chi connectivity index (χ1) is 12.5. The lowest BCUT2D eigenvalue weighted by molar-refractivity contribution is -0.117. The summed E-state index contributed by atoms with van der Waals surface area (Å²) in [7, 11) is 0. The first-order valence-electron chi connectivity index (χ1n) is 8.51. The maximum absolute atomic E-state index is 12.1. The maximum atomic E-state index is 12.1. The molecule has 1 fully saturated rings. The fourth-order valence-corrected chi connectivity index (χ4v) is 3.02. The van der Waals surface area contributed by atoms with E-state index in [1.54, 1.807) is 19.1 Å². The van der Waals surface area contributed by atoms with Gasteiger partial charge in [0, 0.05) is 43.6 Å². The monoisotopic (exact) mass is 372 g/mol. The van der Waals surface area contributed by atoms with E-state index in [-0.39, 0.29) is 11.7 Å². The van der Waals surface area contributed by atoms with Crippen LogP contribution >= 0.6 is 11.6 Å². The predicted octanol–water partition coefficient (Wildman–Crippen LogP) is 2.70. The highest BCUT2D eigenvalue weighted by Crippen LogP contribution is 2.18. The van der Waals surface area contributed by atoms with Crippen LogP contribution in [0.15, 0.2) is 42.6 Å². The lowest BCUT2D eigenvalue weighted by Crippen LogP contribution is -2.48. The Hall–Kier alpha value is -2.44. The Bertz CT molecular complexity index is 769. The molecular formula is C19H21ClN4O2. The number of hydrogen-bond acceptors (Lipinski definition) is 5. The zero-order chi connectivity index (χ0) is 18.5. The second-order valence-electron chi connectivity index (χ2n) is 6.28. The molecule has 26 heavy (non-hydrogen) atoms. The van der Waals surface area contributed by atoms with Gasteiger partial charge in [-0.15, -0.1) is 0 Å². The number of ketones is 1. The predicted molar refractivity (Wildman–Crippen MR) is 103 cm³/mol. The van der Waals surface area contributed by atoms with E-state index < -0.39 is 0 Å². The van der Waals surface area contributed by atoms with Crippen LogP contribution in [-0.4, -0.2) is 54.3 Å². The molecule has 0 atom stereocenters. The van der Waals surface area contributed by atoms with E-state index in [1.165, 1.54) is 6.20 Å². The minimum Gasteiger partial charge on any atom is -0.369 e. The van der Waals surface area contributed by atoms with E-state index >= 15 is 0 Å². The molecule has 1 amide bonds. The van der Waals surface area contributed by atoms with E-state index in [4.69, 9.17) is 11.6 Å². The van der Waals surface area contributed by atoms with Crippen LogP contribution in [0.25, 0.3) is 0 Å². The van der Waals surface area contributed by atoms with Crippen LogP contribution in [0.3, 0.4) is 0 Å². The van der Waals surface area contributed by atoms with Gasteiger partial charge in [-0.3, -0.25) is 14.5 Å². The van der Waals surface area contributed by atoms with E-state index in [1.807, 2.05) is 24.3 Å². The molecule has 1 aromatic heterocycles. The van der Waals surface area contributed by atoms with Gasteiger partial charge < -0.3 is 10.2 Å². The molecule has 2 aromatic rings. The summed E-state index contributed by atoms with van der Waals surface area (Å²) in [6.07, 6.45) is 1.51. The second kappa shape index (κ2) is 8.29. The van der Waals surface area contributed by atoms with Crippen LogP contribution in [0.4, 0.5) is 11.5 Å². The lowest BCUT2D eigenvalue weighted by atomic mass is 10.1. The number of nitrogens with zero attached hydrogens (tertiary/aromatic N) is 3. The third kappa shape index (κ3) is 4.80. The smallest absolute Gasteiger partial charge is 0.239 e. The Labute approximate surface area is 157 Å². The van der Waals surface area contributed by atoms with Gasteiger partial charge in [0.1, 0.15) is 5.82 Å². The van der Waals surface area contributed by atoms with Gasteiger partial charge >= 0.3 is 0 Å². The van der Waals surface area contributed by atoms with E-state index in [2.05, 4.69) is 20.1 Å². The maximum Gasteiger partial charge on any atom is 0.239 e. The van der Waals surface area contributed by atoms with Crippen LogP contribution in [0.5, 0.6) is 0 Å². The lowest BCUT2D eigenvalue weighted by Gasteiger charge is -2.35. The summed E-state index contributed by atoms with van der Waals surface area (Å²) in [4.78, 5) is 32.0. The summed E-state index contributed by atoms with van der Waals surface area (Å²) in [6.45, 7) is 5.18. The number of Topliss-reactive ketones (excluding diaryl/α,β-unsaturated/α-hetero) is 1. The number of aromatic nitrogens is 1. The number of amides is 1. The summed E-state index contributed by atoms with van der Waals surface area (Å²) in [5.41, 5.74) is 1.82. The molecule has 0 bridgehead atoms. The zero-order valence-corrected chi connectivity index (χ0v) is 15.4. The third-order valence-corrected chi connectivity index (χ3v) is 4.60. The fraction of sp³-hybridized carbons (Fsp3) is 0.316. The van der Waals surface area contributed by atoms with Crippen LogP contribution < -0.4 is 10.2 Å². The van der Waals surface area contributed by atoms with E-state index in [9.17, 15) is 9.59 Å². The minimum absolute atomic E-state index is 0.0718. The molecule has 0 unspecified atom stereocenters. The number of benzene rings is 1. The van der Waals surface area contributed by atoms with Crippen molar-refractivity contribution in [3.63, 3.8) is 0 Å². The molecule has 0 radical (unpaired) electrons. The molecule has 6 nitrogen and oxygen atoms in total. The Morgan fingerprint density at radius 2 is 1.77 bits per heavy atom. The van der Waals surface area contributed by atoms with Crippen molar-refractivity contribution >= 4 is 34.8 Å². The highest BCUT2D eigenvalue weighted by molar-refractivity contribution is 6.30. The normalized spacial score (nSPS) is 14.9. The summed E-state index contributed by atoms with van der Waals surface area (Å²) in [5.74, 6) is 0.491. The summed E-state index contributed by atoms with van der Waals surface area (Å²) >= 11 is 5.79. The van der Waals surface area contributed by atoms with Crippen molar-refractivity contribution in [1.29, 1.82) is 0 Å². The van der Waals surface area contributed by atoms with Crippen molar-refractivity contribution in [2.24, 2.45) is 0 Å². The van der Waals surface area contributed by atoms with Crippen LogP contribution in [0.1, 0.15) is 17.3 Å². The summed E-state index contributed by atoms with van der Waals surface area (Å²) in [6, 6.07) is 11.0. The quantitative estimate of drug-likeness (QED) is 0.817. The van der Waals surface area contributed by atoms with Gasteiger partial charge in [0.2, 0.25) is 5.91 Å². The molecule has 7 heteroatoms. The number of halogens is 1. The number of piperazine rings is 1. The molecule has 0 aliphatic carbocycles. The largest absolute Gasteiger partial charge is 0.369 e. The number of anilines is 2. The van der Waals surface area contributed by atoms with Crippen molar-refractivity contribution in [2.45, 2.75) is 6.92 Å². The third-order valence-electron chi connectivity index (χ3n) is 4.37. The second-order valence-corrected chi connectivity index (χ2v) is 6.71.